The van der Waals surface area contributed by atoms with Gasteiger partial charge in [-0.3, -0.25) is 19.3 Å². The molecule has 2 saturated heterocycles. The summed E-state index contributed by atoms with van der Waals surface area (Å²) in [7, 11) is -1.38. The number of phenols is 1. The van der Waals surface area contributed by atoms with Crippen LogP contribution < -0.4 is 15.1 Å². The molecule has 0 bridgehead atoms. The molecule has 2 aliphatic heterocycles. The third kappa shape index (κ3) is 8.96. The third-order valence-electron chi connectivity index (χ3n) is 12.1. The molecule has 9 nitrogen and oxygen atoms in total. The predicted octanol–water partition coefficient (Wildman–Crippen LogP) is 8.12. The van der Waals surface area contributed by atoms with Gasteiger partial charge >= 0.3 is 5.97 Å². The summed E-state index contributed by atoms with van der Waals surface area (Å²) in [5, 5.41) is 21.6. The standard InChI is InChI=1S/C46H56INO8Si/c1-6-30(24-31-25-37(47)43(51)39(26-31)54-5)21-22-38-41-32(28-56-57(46(2,3)4,33-16-10-7-11-17-33)34-18-12-8-13-19-34)27-35-42(36(41)29-55-38)45(53)48(44(35)52)23-15-9-14-20-40(49)50/h7-8,10-13,16-19,24-26,35-36,38,42,51H,6,9,14-15,20-23,27-29H2,1-5H3,(H,49,50)/b30-24+/t35-,36+,38-,42-/m1/s1. The van der Waals surface area contributed by atoms with Crippen molar-refractivity contribution in [3.05, 3.63) is 98.6 Å². The molecule has 2 N–H and O–H groups in total. The van der Waals surface area contributed by atoms with Crippen LogP contribution in [-0.2, 0) is 23.5 Å². The molecule has 2 heterocycles. The number of nitrogens with zero attached hydrogens (tertiary/aromatic N) is 1. The van der Waals surface area contributed by atoms with Crippen LogP contribution in [0.5, 0.6) is 11.5 Å². The molecule has 0 unspecified atom stereocenters. The first-order valence-corrected chi connectivity index (χ1v) is 23.2. The van der Waals surface area contributed by atoms with Gasteiger partial charge in [0.25, 0.3) is 8.32 Å². The van der Waals surface area contributed by atoms with E-state index in [1.165, 1.54) is 20.8 Å². The molecule has 2 amide bonds. The maximum Gasteiger partial charge on any atom is 0.303 e. The molecule has 0 radical (unpaired) electrons. The van der Waals surface area contributed by atoms with Gasteiger partial charge in [-0.25, -0.2) is 0 Å². The number of carbonyl (C=O) groups is 3. The minimum absolute atomic E-state index is 0.0767. The van der Waals surface area contributed by atoms with E-state index in [4.69, 9.17) is 19.0 Å². The fraction of sp³-hybridized carbons (Fsp3) is 0.457. The number of likely N-dealkylation sites (tertiary alicyclic amines) is 1. The van der Waals surface area contributed by atoms with E-state index in [1.54, 1.807) is 7.11 Å². The number of halogens is 1. The molecule has 3 aromatic rings. The topological polar surface area (TPSA) is 123 Å². The van der Waals surface area contributed by atoms with Gasteiger partial charge < -0.3 is 24.1 Å². The van der Waals surface area contributed by atoms with Gasteiger partial charge in [0.1, 0.15) is 0 Å². The molecule has 1 aliphatic carbocycles. The molecule has 0 spiro atoms. The van der Waals surface area contributed by atoms with Crippen LogP contribution in [0.2, 0.25) is 5.04 Å². The monoisotopic (exact) mass is 905 g/mol. The molecule has 6 rings (SSSR count). The van der Waals surface area contributed by atoms with Crippen LogP contribution in [0.15, 0.2) is 89.5 Å². The average molecular weight is 906 g/mol. The molecule has 11 heteroatoms. The number of hydrogen-bond acceptors (Lipinski definition) is 7. The molecule has 0 aromatic heterocycles. The number of carbonyl (C=O) groups excluding carboxylic acids is 2. The van der Waals surface area contributed by atoms with Crippen LogP contribution >= 0.6 is 22.6 Å². The molecular weight excluding hydrogens is 849 g/mol. The largest absolute Gasteiger partial charge is 0.504 e. The van der Waals surface area contributed by atoms with E-state index in [9.17, 15) is 19.5 Å². The Morgan fingerprint density at radius 2 is 1.63 bits per heavy atom. The van der Waals surface area contributed by atoms with E-state index < -0.39 is 26.1 Å². The highest BCUT2D eigenvalue weighted by molar-refractivity contribution is 14.1. The minimum atomic E-state index is -2.93. The summed E-state index contributed by atoms with van der Waals surface area (Å²) in [4.78, 5) is 40.8. The first-order valence-electron chi connectivity index (χ1n) is 20.2. The summed E-state index contributed by atoms with van der Waals surface area (Å²) in [6.45, 7) is 9.92. The Kier molecular flexibility index (Phi) is 13.8. The third-order valence-corrected chi connectivity index (χ3v) is 17.9. The van der Waals surface area contributed by atoms with Crippen molar-refractivity contribution in [1.29, 1.82) is 0 Å². The number of rotatable bonds is 17. The summed E-state index contributed by atoms with van der Waals surface area (Å²) >= 11 is 2.12. The predicted molar refractivity (Wildman–Crippen MR) is 233 cm³/mol. The Morgan fingerprint density at radius 3 is 2.23 bits per heavy atom. The number of amides is 2. The van der Waals surface area contributed by atoms with Crippen LogP contribution in [0.3, 0.4) is 0 Å². The Balaban J connectivity index is 1.34. The van der Waals surface area contributed by atoms with Crippen molar-refractivity contribution in [2.24, 2.45) is 17.8 Å². The SMILES string of the molecule is CC/C(=C\c1cc(I)c(O)c(OC)c1)CC[C@H]1OC[C@H]2C1=C(CO[Si](c1ccccc1)(c1ccccc1)C(C)(C)C)C[C@H]1C(=O)N(CCCCCC(=O)O)C(=O)[C@H]12. The number of hydrogen-bond donors (Lipinski definition) is 2. The number of aromatic hydroxyl groups is 1. The second-order valence-corrected chi connectivity index (χ2v) is 22.0. The van der Waals surface area contributed by atoms with Gasteiger partial charge in [-0.05, 0) is 105 Å². The van der Waals surface area contributed by atoms with Crippen molar-refractivity contribution in [1.82, 2.24) is 4.90 Å². The van der Waals surface area contributed by atoms with Gasteiger partial charge in [-0.15, -0.1) is 0 Å². The number of ether oxygens (including phenoxy) is 2. The Morgan fingerprint density at radius 1 is 0.965 bits per heavy atom. The van der Waals surface area contributed by atoms with Crippen LogP contribution in [-0.4, -0.2) is 74.2 Å². The second-order valence-electron chi connectivity index (χ2n) is 16.6. The van der Waals surface area contributed by atoms with Crippen LogP contribution in [0.1, 0.15) is 84.6 Å². The maximum absolute atomic E-state index is 14.2. The lowest BCUT2D eigenvalue weighted by Crippen LogP contribution is -2.66. The van der Waals surface area contributed by atoms with Crippen molar-refractivity contribution >= 4 is 65.1 Å². The zero-order valence-electron chi connectivity index (χ0n) is 33.8. The lowest BCUT2D eigenvalue weighted by atomic mass is 9.69. The number of allylic oxidation sites excluding steroid dienone is 1. The number of fused-ring (bicyclic) bond motifs is 3. The fourth-order valence-corrected chi connectivity index (χ4v) is 14.5. The van der Waals surface area contributed by atoms with Crippen molar-refractivity contribution in [2.45, 2.75) is 90.2 Å². The van der Waals surface area contributed by atoms with E-state index in [0.29, 0.717) is 61.2 Å². The van der Waals surface area contributed by atoms with Gasteiger partial charge in [-0.2, -0.15) is 0 Å². The highest BCUT2D eigenvalue weighted by Crippen LogP contribution is 2.50. The average Bonchev–Trinajstić information content (AvgIpc) is 3.72. The molecule has 3 aliphatic rings. The van der Waals surface area contributed by atoms with Gasteiger partial charge in [0.2, 0.25) is 11.8 Å². The van der Waals surface area contributed by atoms with E-state index in [-0.39, 0.29) is 41.0 Å². The first kappa shape index (κ1) is 42.8. The molecule has 3 aromatic carbocycles. The Bertz CT molecular complexity index is 1950. The van der Waals surface area contributed by atoms with E-state index in [2.05, 4.69) is 105 Å². The smallest absolute Gasteiger partial charge is 0.303 e. The molecule has 2 fully saturated rings. The Hall–Kier alpha value is -3.78. The van der Waals surface area contributed by atoms with Gasteiger partial charge in [0.05, 0.1) is 41.8 Å². The summed E-state index contributed by atoms with van der Waals surface area (Å²) in [5.74, 6) is -1.74. The van der Waals surface area contributed by atoms with E-state index in [0.717, 1.165) is 29.6 Å². The lowest BCUT2D eigenvalue weighted by Gasteiger charge is -2.44. The lowest BCUT2D eigenvalue weighted by molar-refractivity contribution is -0.141. The zero-order valence-corrected chi connectivity index (χ0v) is 36.9. The number of carboxylic acids is 1. The maximum atomic E-state index is 14.2. The summed E-state index contributed by atoms with van der Waals surface area (Å²) in [6.07, 6.45) is 6.49. The molecule has 304 valence electrons. The molecule has 4 atom stereocenters. The summed E-state index contributed by atoms with van der Waals surface area (Å²) in [6, 6.07) is 24.9. The summed E-state index contributed by atoms with van der Waals surface area (Å²) in [5.41, 5.74) is 4.37. The van der Waals surface area contributed by atoms with Crippen LogP contribution in [0.25, 0.3) is 6.08 Å². The number of aliphatic carboxylic acids is 1. The molecule has 57 heavy (non-hydrogen) atoms. The van der Waals surface area contributed by atoms with Crippen LogP contribution in [0, 0.1) is 21.3 Å². The summed E-state index contributed by atoms with van der Waals surface area (Å²) < 4.78 is 20.3. The Labute approximate surface area is 351 Å². The van der Waals surface area contributed by atoms with E-state index >= 15 is 0 Å². The van der Waals surface area contributed by atoms with Gasteiger partial charge in [0.15, 0.2) is 11.5 Å². The van der Waals surface area contributed by atoms with Gasteiger partial charge in [-0.1, -0.05) is 106 Å². The van der Waals surface area contributed by atoms with E-state index in [1.807, 2.05) is 24.3 Å². The number of phenolic OH excluding ortho intramolecular Hbond substituents is 1. The second kappa shape index (κ2) is 18.4. The molecule has 0 saturated carbocycles. The van der Waals surface area contributed by atoms with Gasteiger partial charge in [0, 0.05) is 18.9 Å². The minimum Gasteiger partial charge on any atom is -0.504 e. The highest BCUT2D eigenvalue weighted by atomic mass is 127. The molecular formula is C46H56INO8Si. The van der Waals surface area contributed by atoms with Crippen molar-refractivity contribution < 1.29 is 38.5 Å². The number of unbranched alkanes of at least 4 members (excludes halogenated alkanes) is 2. The normalized spacial score (nSPS) is 21.2. The van der Waals surface area contributed by atoms with Crippen LogP contribution in [0.4, 0.5) is 0 Å². The van der Waals surface area contributed by atoms with Crippen molar-refractivity contribution in [3.8, 4) is 11.5 Å². The number of carboxylic acid groups (broad SMARTS) is 1. The quantitative estimate of drug-likeness (QED) is 0.0459. The number of benzene rings is 3. The van der Waals surface area contributed by atoms with Crippen molar-refractivity contribution in [2.75, 3.05) is 26.9 Å². The number of imide groups is 1. The fourth-order valence-electron chi connectivity index (χ4n) is 9.31. The highest BCUT2D eigenvalue weighted by Gasteiger charge is 2.57. The number of methoxy groups -OCH3 is 1. The first-order chi connectivity index (χ1) is 27.3. The zero-order chi connectivity index (χ0) is 40.9. The van der Waals surface area contributed by atoms with Crippen molar-refractivity contribution in [3.63, 3.8) is 0 Å².